The molecule has 0 amide bonds. The van der Waals surface area contributed by atoms with Crippen molar-refractivity contribution in [3.05, 3.63) is 34.6 Å². The minimum absolute atomic E-state index is 0.0392. The van der Waals surface area contributed by atoms with Crippen LogP contribution in [0, 0.1) is 5.82 Å². The highest BCUT2D eigenvalue weighted by molar-refractivity contribution is 6.30. The van der Waals surface area contributed by atoms with Gasteiger partial charge in [-0.05, 0) is 56.8 Å². The molecule has 1 aromatic carbocycles. The number of rotatable bonds is 6. The number of hydrogen-bond donors (Lipinski definition) is 1. The number of methoxy groups -OCH3 is 1. The zero-order valence-electron chi connectivity index (χ0n) is 11.5. The first-order valence-electron chi connectivity index (χ1n) is 6.75. The van der Waals surface area contributed by atoms with Crippen LogP contribution in [0.1, 0.15) is 31.2 Å². The third-order valence-electron chi connectivity index (χ3n) is 4.19. The van der Waals surface area contributed by atoms with Crippen molar-refractivity contribution in [3.8, 4) is 0 Å². The van der Waals surface area contributed by atoms with Crippen LogP contribution in [0.3, 0.4) is 0 Å². The van der Waals surface area contributed by atoms with E-state index >= 15 is 0 Å². The van der Waals surface area contributed by atoms with Gasteiger partial charge < -0.3 is 10.1 Å². The first kappa shape index (κ1) is 14.8. The van der Waals surface area contributed by atoms with E-state index in [1.165, 1.54) is 12.5 Å². The molecule has 4 heteroatoms. The molecule has 0 aliphatic heterocycles. The van der Waals surface area contributed by atoms with Crippen LogP contribution in [0.5, 0.6) is 0 Å². The van der Waals surface area contributed by atoms with Gasteiger partial charge in [-0.2, -0.15) is 0 Å². The van der Waals surface area contributed by atoms with Crippen LogP contribution in [0.15, 0.2) is 18.2 Å². The summed E-state index contributed by atoms with van der Waals surface area (Å²) in [6.07, 6.45) is 5.32. The van der Waals surface area contributed by atoms with Gasteiger partial charge in [0.1, 0.15) is 5.82 Å². The predicted molar refractivity (Wildman–Crippen MR) is 76.2 cm³/mol. The quantitative estimate of drug-likeness (QED) is 0.863. The van der Waals surface area contributed by atoms with E-state index in [1.807, 2.05) is 7.05 Å². The second-order valence-electron chi connectivity index (χ2n) is 5.38. The predicted octanol–water partition coefficient (Wildman–Crippen LogP) is 3.57. The summed E-state index contributed by atoms with van der Waals surface area (Å²) in [5, 5.41) is 3.52. The van der Waals surface area contributed by atoms with Crippen molar-refractivity contribution in [1.29, 1.82) is 0 Å². The normalized spacial score (nSPS) is 18.9. The van der Waals surface area contributed by atoms with Crippen molar-refractivity contribution in [2.75, 3.05) is 14.2 Å². The van der Waals surface area contributed by atoms with E-state index in [4.69, 9.17) is 16.3 Å². The van der Waals surface area contributed by atoms with Crippen LogP contribution < -0.4 is 5.32 Å². The molecule has 2 rings (SSSR count). The summed E-state index contributed by atoms with van der Waals surface area (Å²) >= 11 is 5.82. The van der Waals surface area contributed by atoms with Gasteiger partial charge in [0.05, 0.1) is 10.6 Å². The third-order valence-corrected chi connectivity index (χ3v) is 4.48. The lowest BCUT2D eigenvalue weighted by Crippen LogP contribution is -2.45. The fourth-order valence-corrected chi connectivity index (χ4v) is 2.94. The summed E-state index contributed by atoms with van der Waals surface area (Å²) < 4.78 is 18.8. The molecular formula is C15H21ClFNO. The summed E-state index contributed by atoms with van der Waals surface area (Å²) in [7, 11) is 3.75. The third kappa shape index (κ3) is 3.47. The molecule has 0 heterocycles. The molecule has 1 aliphatic rings. The molecule has 2 nitrogen and oxygen atoms in total. The molecule has 1 saturated carbocycles. The van der Waals surface area contributed by atoms with Gasteiger partial charge in [-0.15, -0.1) is 0 Å². The lowest BCUT2D eigenvalue weighted by atomic mass is 9.75. The first-order valence-corrected chi connectivity index (χ1v) is 7.13. The number of hydrogen-bond acceptors (Lipinski definition) is 2. The maximum Gasteiger partial charge on any atom is 0.141 e. The van der Waals surface area contributed by atoms with Crippen LogP contribution in [0.25, 0.3) is 0 Å². The van der Waals surface area contributed by atoms with E-state index in [0.717, 1.165) is 31.2 Å². The molecule has 1 atom stereocenters. The smallest absolute Gasteiger partial charge is 0.141 e. The lowest BCUT2D eigenvalue weighted by molar-refractivity contribution is -0.0830. The van der Waals surface area contributed by atoms with Gasteiger partial charge in [-0.25, -0.2) is 4.39 Å². The summed E-state index contributed by atoms with van der Waals surface area (Å²) in [6, 6.07) is 5.26. The van der Waals surface area contributed by atoms with Crippen LogP contribution in [-0.4, -0.2) is 25.8 Å². The Labute approximate surface area is 119 Å². The SMILES string of the molecule is CNC(Cc1ccc(F)c(Cl)c1)CC1(OC)CCC1. The molecule has 1 fully saturated rings. The maximum atomic E-state index is 13.1. The van der Waals surface area contributed by atoms with Gasteiger partial charge in [-0.3, -0.25) is 0 Å². The van der Waals surface area contributed by atoms with Crippen LogP contribution >= 0.6 is 11.6 Å². The summed E-state index contributed by atoms with van der Waals surface area (Å²) in [5.41, 5.74) is 1.09. The van der Waals surface area contributed by atoms with Gasteiger partial charge in [0.2, 0.25) is 0 Å². The van der Waals surface area contributed by atoms with Crippen molar-refractivity contribution in [1.82, 2.24) is 5.32 Å². The highest BCUT2D eigenvalue weighted by Crippen LogP contribution is 2.39. The largest absolute Gasteiger partial charge is 0.378 e. The fourth-order valence-electron chi connectivity index (χ4n) is 2.74. The summed E-state index contributed by atoms with van der Waals surface area (Å²) in [5.74, 6) is -0.362. The van der Waals surface area contributed by atoms with E-state index in [9.17, 15) is 4.39 Å². The van der Waals surface area contributed by atoms with Crippen molar-refractivity contribution in [3.63, 3.8) is 0 Å². The number of nitrogens with one attached hydrogen (secondary N) is 1. The van der Waals surface area contributed by atoms with Gasteiger partial charge >= 0.3 is 0 Å². The second kappa shape index (κ2) is 6.21. The molecule has 0 saturated heterocycles. The zero-order valence-corrected chi connectivity index (χ0v) is 12.3. The topological polar surface area (TPSA) is 21.3 Å². The molecule has 1 aromatic rings. The number of likely N-dealkylation sites (N-methyl/N-ethyl adjacent to an activating group) is 1. The lowest BCUT2D eigenvalue weighted by Gasteiger charge is -2.42. The van der Waals surface area contributed by atoms with Gasteiger partial charge in [0.15, 0.2) is 0 Å². The highest BCUT2D eigenvalue weighted by Gasteiger charge is 2.38. The van der Waals surface area contributed by atoms with Gasteiger partial charge in [0, 0.05) is 13.2 Å². The summed E-state index contributed by atoms with van der Waals surface area (Å²) in [4.78, 5) is 0. The second-order valence-corrected chi connectivity index (χ2v) is 5.79. The Kier molecular flexibility index (Phi) is 4.82. The Bertz CT molecular complexity index is 429. The molecule has 19 heavy (non-hydrogen) atoms. The molecule has 0 aromatic heterocycles. The van der Waals surface area contributed by atoms with E-state index in [-0.39, 0.29) is 16.4 Å². The van der Waals surface area contributed by atoms with Crippen LogP contribution in [-0.2, 0) is 11.2 Å². The average molecular weight is 286 g/mol. The Hall–Kier alpha value is -0.640. The minimum Gasteiger partial charge on any atom is -0.378 e. The Morgan fingerprint density at radius 3 is 2.68 bits per heavy atom. The number of halogens is 2. The standard InChI is InChI=1S/C15H21ClFNO/c1-18-12(10-15(19-2)6-3-7-15)8-11-4-5-14(17)13(16)9-11/h4-5,9,12,18H,3,6-8,10H2,1-2H3. The molecule has 0 bridgehead atoms. The summed E-state index contributed by atoms with van der Waals surface area (Å²) in [6.45, 7) is 0. The van der Waals surface area contributed by atoms with Crippen molar-refractivity contribution < 1.29 is 9.13 Å². The van der Waals surface area contributed by atoms with E-state index in [0.29, 0.717) is 6.04 Å². The molecule has 1 unspecified atom stereocenters. The minimum atomic E-state index is -0.362. The van der Waals surface area contributed by atoms with Crippen molar-refractivity contribution in [2.45, 2.75) is 43.7 Å². The van der Waals surface area contributed by atoms with Crippen LogP contribution in [0.2, 0.25) is 5.02 Å². The monoisotopic (exact) mass is 285 g/mol. The van der Waals surface area contributed by atoms with E-state index in [1.54, 1.807) is 19.2 Å². The van der Waals surface area contributed by atoms with Crippen molar-refractivity contribution in [2.24, 2.45) is 0 Å². The van der Waals surface area contributed by atoms with E-state index in [2.05, 4.69) is 5.32 Å². The van der Waals surface area contributed by atoms with Crippen molar-refractivity contribution >= 4 is 11.6 Å². The fraction of sp³-hybridized carbons (Fsp3) is 0.600. The average Bonchev–Trinajstić information content (AvgIpc) is 2.36. The zero-order chi connectivity index (χ0) is 13.9. The Balaban J connectivity index is 2.00. The molecule has 106 valence electrons. The molecule has 1 aliphatic carbocycles. The molecule has 1 N–H and O–H groups in total. The Morgan fingerprint density at radius 2 is 2.21 bits per heavy atom. The molecular weight excluding hydrogens is 265 g/mol. The van der Waals surface area contributed by atoms with Gasteiger partial charge in [0.25, 0.3) is 0 Å². The first-order chi connectivity index (χ1) is 9.08. The van der Waals surface area contributed by atoms with E-state index < -0.39 is 0 Å². The molecule has 0 spiro atoms. The number of benzene rings is 1. The Morgan fingerprint density at radius 1 is 1.47 bits per heavy atom. The molecule has 0 radical (unpaired) electrons. The number of ether oxygens (including phenoxy) is 1. The van der Waals surface area contributed by atoms with Gasteiger partial charge in [-0.1, -0.05) is 17.7 Å². The highest BCUT2D eigenvalue weighted by atomic mass is 35.5. The maximum absolute atomic E-state index is 13.1. The van der Waals surface area contributed by atoms with Crippen LogP contribution in [0.4, 0.5) is 4.39 Å².